The second kappa shape index (κ2) is 5.33. The molecular weight excluding hydrogens is 314 g/mol. The van der Waals surface area contributed by atoms with E-state index in [4.69, 9.17) is 11.6 Å². The first kappa shape index (κ1) is 13.7. The van der Waals surface area contributed by atoms with Crippen LogP contribution in [0.5, 0.6) is 0 Å². The lowest BCUT2D eigenvalue weighted by molar-refractivity contribution is 0.880. The van der Waals surface area contributed by atoms with Gasteiger partial charge in [-0.05, 0) is 36.4 Å². The van der Waals surface area contributed by atoms with E-state index in [1.54, 1.807) is 53.6 Å². The van der Waals surface area contributed by atoms with Crippen LogP contribution in [0.4, 0.5) is 0 Å². The molecule has 0 fully saturated rings. The highest BCUT2D eigenvalue weighted by Gasteiger charge is 2.10. The lowest BCUT2D eigenvalue weighted by Crippen LogP contribution is -2.18. The average molecular weight is 324 g/mol. The molecule has 112 valence electrons. The standard InChI is InChI=1S/C16H10ClN5O/c17-11-3-5-12(6-4-11)21-10-19-15-14(16(21)23)9-22(20-15)13-2-1-7-18-8-13/h1-10H. The first-order chi connectivity index (χ1) is 11.2. The summed E-state index contributed by atoms with van der Waals surface area (Å²) in [5.41, 5.74) is 1.67. The Morgan fingerprint density at radius 1 is 1.04 bits per heavy atom. The van der Waals surface area contributed by atoms with Crippen molar-refractivity contribution in [3.05, 3.63) is 76.7 Å². The molecule has 23 heavy (non-hydrogen) atoms. The summed E-state index contributed by atoms with van der Waals surface area (Å²) in [6, 6.07) is 10.7. The fourth-order valence-electron chi connectivity index (χ4n) is 2.31. The molecule has 6 nitrogen and oxygen atoms in total. The molecule has 0 bridgehead atoms. The van der Waals surface area contributed by atoms with Gasteiger partial charge in [0.2, 0.25) is 0 Å². The summed E-state index contributed by atoms with van der Waals surface area (Å²) in [6.45, 7) is 0. The Morgan fingerprint density at radius 2 is 1.87 bits per heavy atom. The molecule has 0 saturated carbocycles. The summed E-state index contributed by atoms with van der Waals surface area (Å²) in [5, 5.41) is 5.37. The van der Waals surface area contributed by atoms with Gasteiger partial charge in [-0.2, -0.15) is 0 Å². The molecule has 0 radical (unpaired) electrons. The highest BCUT2D eigenvalue weighted by Crippen LogP contribution is 2.14. The maximum Gasteiger partial charge on any atom is 0.269 e. The summed E-state index contributed by atoms with van der Waals surface area (Å²) in [6.07, 6.45) is 6.48. The number of fused-ring (bicyclic) bond motifs is 1. The highest BCUT2D eigenvalue weighted by atomic mass is 35.5. The number of hydrogen-bond donors (Lipinski definition) is 0. The van der Waals surface area contributed by atoms with Crippen molar-refractivity contribution >= 4 is 22.6 Å². The second-order valence-electron chi connectivity index (χ2n) is 4.92. The molecule has 4 rings (SSSR count). The number of benzene rings is 1. The van der Waals surface area contributed by atoms with Crippen LogP contribution in [-0.2, 0) is 0 Å². The zero-order valence-electron chi connectivity index (χ0n) is 11.8. The van der Waals surface area contributed by atoms with Crippen LogP contribution in [0.25, 0.3) is 22.4 Å². The molecule has 0 N–H and O–H groups in total. The van der Waals surface area contributed by atoms with Gasteiger partial charge < -0.3 is 0 Å². The van der Waals surface area contributed by atoms with E-state index in [1.165, 1.54) is 10.9 Å². The molecule has 7 heteroatoms. The number of hydrogen-bond acceptors (Lipinski definition) is 4. The molecule has 0 amide bonds. The molecule has 0 saturated heterocycles. The minimum Gasteiger partial charge on any atom is -0.268 e. The second-order valence-corrected chi connectivity index (χ2v) is 5.35. The third kappa shape index (κ3) is 2.39. The summed E-state index contributed by atoms with van der Waals surface area (Å²) >= 11 is 5.88. The molecule has 0 unspecified atom stereocenters. The minimum absolute atomic E-state index is 0.188. The lowest BCUT2D eigenvalue weighted by atomic mass is 10.3. The van der Waals surface area contributed by atoms with Gasteiger partial charge >= 0.3 is 0 Å². The van der Waals surface area contributed by atoms with Gasteiger partial charge in [0.1, 0.15) is 11.7 Å². The van der Waals surface area contributed by atoms with Crippen molar-refractivity contribution in [3.63, 3.8) is 0 Å². The van der Waals surface area contributed by atoms with Crippen LogP contribution in [0.15, 0.2) is 66.1 Å². The molecule has 3 aromatic heterocycles. The molecule has 1 aromatic carbocycles. The Hall–Kier alpha value is -2.99. The normalized spacial score (nSPS) is 11.0. The van der Waals surface area contributed by atoms with E-state index in [0.717, 1.165) is 5.69 Å². The predicted molar refractivity (Wildman–Crippen MR) is 87.3 cm³/mol. The van der Waals surface area contributed by atoms with Gasteiger partial charge in [-0.1, -0.05) is 11.6 Å². The SMILES string of the molecule is O=c1c2cn(-c3cccnc3)nc2ncn1-c1ccc(Cl)cc1. The van der Waals surface area contributed by atoms with Crippen molar-refractivity contribution < 1.29 is 0 Å². The van der Waals surface area contributed by atoms with Gasteiger partial charge in [-0.3, -0.25) is 14.3 Å². The van der Waals surface area contributed by atoms with Crippen LogP contribution in [-0.4, -0.2) is 24.3 Å². The van der Waals surface area contributed by atoms with Crippen molar-refractivity contribution in [3.8, 4) is 11.4 Å². The fraction of sp³-hybridized carbons (Fsp3) is 0. The van der Waals surface area contributed by atoms with Crippen LogP contribution in [0.2, 0.25) is 5.02 Å². The zero-order chi connectivity index (χ0) is 15.8. The molecule has 3 heterocycles. The minimum atomic E-state index is -0.188. The maximum absolute atomic E-state index is 12.7. The fourth-order valence-corrected chi connectivity index (χ4v) is 2.44. The van der Waals surface area contributed by atoms with Crippen molar-refractivity contribution in [2.45, 2.75) is 0 Å². The van der Waals surface area contributed by atoms with Gasteiger partial charge in [0.25, 0.3) is 5.56 Å². The lowest BCUT2D eigenvalue weighted by Gasteiger charge is -2.04. The van der Waals surface area contributed by atoms with E-state index >= 15 is 0 Å². The molecule has 0 spiro atoms. The Kier molecular flexibility index (Phi) is 3.17. The molecule has 0 atom stereocenters. The monoisotopic (exact) mass is 323 g/mol. The van der Waals surface area contributed by atoms with Crippen molar-refractivity contribution in [1.29, 1.82) is 0 Å². The summed E-state index contributed by atoms with van der Waals surface area (Å²) in [4.78, 5) is 21.0. The summed E-state index contributed by atoms with van der Waals surface area (Å²) in [7, 11) is 0. The van der Waals surface area contributed by atoms with E-state index in [0.29, 0.717) is 21.7 Å². The molecule has 0 aliphatic rings. The highest BCUT2D eigenvalue weighted by molar-refractivity contribution is 6.30. The molecular formula is C16H10ClN5O. The van der Waals surface area contributed by atoms with Crippen molar-refractivity contribution in [2.24, 2.45) is 0 Å². The van der Waals surface area contributed by atoms with Gasteiger partial charge in [0, 0.05) is 17.4 Å². The first-order valence-electron chi connectivity index (χ1n) is 6.86. The van der Waals surface area contributed by atoms with Gasteiger partial charge in [-0.25, -0.2) is 9.67 Å². The van der Waals surface area contributed by atoms with Crippen molar-refractivity contribution in [2.75, 3.05) is 0 Å². The van der Waals surface area contributed by atoms with Gasteiger partial charge in [0.15, 0.2) is 5.65 Å². The molecule has 0 aliphatic heterocycles. The van der Waals surface area contributed by atoms with Crippen LogP contribution >= 0.6 is 11.6 Å². The zero-order valence-corrected chi connectivity index (χ0v) is 12.6. The Bertz CT molecular complexity index is 1040. The first-order valence-corrected chi connectivity index (χ1v) is 7.23. The topological polar surface area (TPSA) is 65.6 Å². The average Bonchev–Trinajstić information content (AvgIpc) is 3.02. The summed E-state index contributed by atoms with van der Waals surface area (Å²) < 4.78 is 3.06. The maximum atomic E-state index is 12.7. The van der Waals surface area contributed by atoms with Gasteiger partial charge in [-0.15, -0.1) is 5.10 Å². The van der Waals surface area contributed by atoms with Crippen LogP contribution < -0.4 is 5.56 Å². The number of aromatic nitrogens is 5. The third-order valence-corrected chi connectivity index (χ3v) is 3.71. The van der Waals surface area contributed by atoms with E-state index in [9.17, 15) is 4.79 Å². The number of rotatable bonds is 2. The number of pyridine rings is 1. The quantitative estimate of drug-likeness (QED) is 0.569. The predicted octanol–water partition coefficient (Wildman–Crippen LogP) is 2.62. The van der Waals surface area contributed by atoms with Gasteiger partial charge in [0.05, 0.1) is 17.6 Å². The molecule has 0 aliphatic carbocycles. The summed E-state index contributed by atoms with van der Waals surface area (Å²) in [5.74, 6) is 0. The van der Waals surface area contributed by atoms with Crippen LogP contribution in [0.1, 0.15) is 0 Å². The number of nitrogens with zero attached hydrogens (tertiary/aromatic N) is 5. The van der Waals surface area contributed by atoms with E-state index in [1.807, 2.05) is 6.07 Å². The Labute approximate surface area is 135 Å². The van der Waals surface area contributed by atoms with E-state index in [2.05, 4.69) is 15.1 Å². The number of halogens is 1. The van der Waals surface area contributed by atoms with Crippen LogP contribution in [0.3, 0.4) is 0 Å². The van der Waals surface area contributed by atoms with E-state index in [-0.39, 0.29) is 5.56 Å². The van der Waals surface area contributed by atoms with Crippen molar-refractivity contribution in [1.82, 2.24) is 24.3 Å². The molecule has 4 aromatic rings. The van der Waals surface area contributed by atoms with E-state index < -0.39 is 0 Å². The third-order valence-electron chi connectivity index (χ3n) is 3.45. The Balaban J connectivity index is 1.89. The van der Waals surface area contributed by atoms with Crippen LogP contribution in [0, 0.1) is 0 Å². The largest absolute Gasteiger partial charge is 0.269 e. The Morgan fingerprint density at radius 3 is 2.61 bits per heavy atom. The smallest absolute Gasteiger partial charge is 0.268 e.